The summed E-state index contributed by atoms with van der Waals surface area (Å²) < 4.78 is 5.28. The smallest absolute Gasteiger partial charge is 0.119 e. The number of aliphatic hydroxyl groups is 1. The summed E-state index contributed by atoms with van der Waals surface area (Å²) in [5.41, 5.74) is 1.39. The van der Waals surface area contributed by atoms with Crippen LogP contribution in [-0.4, -0.2) is 30.9 Å². The van der Waals surface area contributed by atoms with Gasteiger partial charge in [-0.2, -0.15) is 0 Å². The normalized spacial score (nSPS) is 32.9. The number of hydrogen-bond acceptors (Lipinski definition) is 3. The summed E-state index contributed by atoms with van der Waals surface area (Å²) in [6.07, 6.45) is 5.69. The van der Waals surface area contributed by atoms with Crippen molar-refractivity contribution < 1.29 is 9.84 Å². The van der Waals surface area contributed by atoms with Crippen LogP contribution >= 0.6 is 0 Å². The molecule has 2 unspecified atom stereocenters. The second-order valence-electron chi connectivity index (χ2n) is 6.31. The summed E-state index contributed by atoms with van der Waals surface area (Å²) in [7, 11) is 1.72. The Bertz CT molecular complexity index is 442. The van der Waals surface area contributed by atoms with Gasteiger partial charge in [-0.25, -0.2) is 0 Å². The van der Waals surface area contributed by atoms with Gasteiger partial charge in [-0.15, -0.1) is 0 Å². The average molecular weight is 275 g/mol. The summed E-state index contributed by atoms with van der Waals surface area (Å²) in [4.78, 5) is 0. The van der Waals surface area contributed by atoms with Crippen LogP contribution in [0.15, 0.2) is 24.3 Å². The van der Waals surface area contributed by atoms with Gasteiger partial charge in [0.05, 0.1) is 13.2 Å². The molecule has 3 nitrogen and oxygen atoms in total. The summed E-state index contributed by atoms with van der Waals surface area (Å²) in [5, 5.41) is 13.5. The molecule has 0 heterocycles. The molecule has 0 aliphatic heterocycles. The van der Waals surface area contributed by atoms with E-state index in [2.05, 4.69) is 23.5 Å². The molecule has 1 aromatic rings. The van der Waals surface area contributed by atoms with E-state index in [9.17, 15) is 5.11 Å². The molecule has 3 heteroatoms. The van der Waals surface area contributed by atoms with E-state index in [1.165, 1.54) is 31.2 Å². The van der Waals surface area contributed by atoms with E-state index in [0.29, 0.717) is 17.9 Å². The van der Waals surface area contributed by atoms with Gasteiger partial charge in [0.25, 0.3) is 0 Å². The first-order valence-corrected chi connectivity index (χ1v) is 7.81. The highest BCUT2D eigenvalue weighted by atomic mass is 16.5. The lowest BCUT2D eigenvalue weighted by Crippen LogP contribution is -2.43. The summed E-state index contributed by atoms with van der Waals surface area (Å²) >= 11 is 0. The Morgan fingerprint density at radius 2 is 2.15 bits per heavy atom. The predicted octanol–water partition coefficient (Wildman–Crippen LogP) is 2.69. The van der Waals surface area contributed by atoms with Gasteiger partial charge in [-0.05, 0) is 55.2 Å². The van der Waals surface area contributed by atoms with E-state index in [0.717, 1.165) is 18.7 Å². The molecule has 0 spiro atoms. The predicted molar refractivity (Wildman–Crippen MR) is 80.1 cm³/mol. The number of rotatable bonds is 5. The molecule has 2 aliphatic rings. The van der Waals surface area contributed by atoms with Gasteiger partial charge in [0, 0.05) is 12.6 Å². The van der Waals surface area contributed by atoms with Gasteiger partial charge in [0.15, 0.2) is 0 Å². The molecule has 2 N–H and O–H groups in total. The summed E-state index contributed by atoms with van der Waals surface area (Å²) in [5.74, 6) is 2.09. The van der Waals surface area contributed by atoms with Gasteiger partial charge in [-0.3, -0.25) is 0 Å². The molecule has 2 fully saturated rings. The highest BCUT2D eigenvalue weighted by Crippen LogP contribution is 2.38. The molecule has 0 amide bonds. The molecule has 0 radical (unpaired) electrons. The molecule has 2 aliphatic carbocycles. The van der Waals surface area contributed by atoms with Crippen LogP contribution in [0.3, 0.4) is 0 Å². The van der Waals surface area contributed by atoms with Crippen LogP contribution < -0.4 is 10.1 Å². The summed E-state index contributed by atoms with van der Waals surface area (Å²) in [6.45, 7) is 0.983. The quantitative estimate of drug-likeness (QED) is 0.868. The van der Waals surface area contributed by atoms with E-state index in [-0.39, 0.29) is 6.10 Å². The zero-order chi connectivity index (χ0) is 13.9. The van der Waals surface area contributed by atoms with Crippen molar-refractivity contribution in [3.63, 3.8) is 0 Å². The van der Waals surface area contributed by atoms with Gasteiger partial charge in [0.2, 0.25) is 0 Å². The Labute approximate surface area is 121 Å². The van der Waals surface area contributed by atoms with Crippen LogP contribution in [0.4, 0.5) is 0 Å². The first-order valence-electron chi connectivity index (χ1n) is 7.81. The second-order valence-corrected chi connectivity index (χ2v) is 6.31. The molecular formula is C17H25NO2. The minimum absolute atomic E-state index is 0.0724. The third-order valence-electron chi connectivity index (χ3n) is 4.99. The maximum atomic E-state index is 9.83. The Hall–Kier alpha value is -1.06. The lowest BCUT2D eigenvalue weighted by molar-refractivity contribution is 0.125. The van der Waals surface area contributed by atoms with E-state index in [4.69, 9.17) is 4.74 Å². The molecule has 2 saturated carbocycles. The largest absolute Gasteiger partial charge is 0.497 e. The number of nitrogens with one attached hydrogen (secondary N) is 1. The van der Waals surface area contributed by atoms with Crippen LogP contribution in [0.25, 0.3) is 0 Å². The van der Waals surface area contributed by atoms with Crippen molar-refractivity contribution in [2.75, 3.05) is 13.7 Å². The van der Waals surface area contributed by atoms with Crippen molar-refractivity contribution in [2.45, 2.75) is 50.2 Å². The minimum Gasteiger partial charge on any atom is -0.497 e. The fraction of sp³-hybridized carbons (Fsp3) is 0.647. The lowest BCUT2D eigenvalue weighted by Gasteiger charge is -2.37. The van der Waals surface area contributed by atoms with Gasteiger partial charge in [-0.1, -0.05) is 18.6 Å². The number of hydrogen-bond donors (Lipinski definition) is 2. The molecule has 0 aromatic heterocycles. The maximum Gasteiger partial charge on any atom is 0.119 e. The van der Waals surface area contributed by atoms with Crippen LogP contribution in [-0.2, 0) is 0 Å². The topological polar surface area (TPSA) is 41.5 Å². The number of methoxy groups -OCH3 is 1. The number of benzene rings is 1. The third kappa shape index (κ3) is 2.99. The molecule has 0 bridgehead atoms. The Morgan fingerprint density at radius 3 is 2.85 bits per heavy atom. The number of ether oxygens (including phenoxy) is 1. The van der Waals surface area contributed by atoms with E-state index < -0.39 is 0 Å². The fourth-order valence-electron chi connectivity index (χ4n) is 3.53. The van der Waals surface area contributed by atoms with Crippen molar-refractivity contribution >= 4 is 0 Å². The van der Waals surface area contributed by atoms with E-state index in [1.54, 1.807) is 7.11 Å². The van der Waals surface area contributed by atoms with E-state index in [1.807, 2.05) is 6.07 Å². The van der Waals surface area contributed by atoms with Crippen LogP contribution in [0.2, 0.25) is 0 Å². The number of aliphatic hydroxyl groups excluding tert-OH is 1. The maximum absolute atomic E-state index is 9.83. The van der Waals surface area contributed by atoms with Gasteiger partial charge < -0.3 is 15.2 Å². The Balaban J connectivity index is 1.44. The zero-order valence-electron chi connectivity index (χ0n) is 12.2. The van der Waals surface area contributed by atoms with Gasteiger partial charge in [0.1, 0.15) is 5.75 Å². The second kappa shape index (κ2) is 6.15. The molecule has 2 atom stereocenters. The molecule has 0 saturated heterocycles. The third-order valence-corrected chi connectivity index (χ3v) is 4.99. The van der Waals surface area contributed by atoms with Crippen molar-refractivity contribution in [1.29, 1.82) is 0 Å². The minimum atomic E-state index is -0.0724. The zero-order valence-corrected chi connectivity index (χ0v) is 12.2. The van der Waals surface area contributed by atoms with Crippen molar-refractivity contribution in [3.05, 3.63) is 29.8 Å². The van der Waals surface area contributed by atoms with Crippen LogP contribution in [0, 0.1) is 5.92 Å². The fourth-order valence-corrected chi connectivity index (χ4v) is 3.53. The first-order chi connectivity index (χ1) is 9.76. The molecule has 3 rings (SSSR count). The summed E-state index contributed by atoms with van der Waals surface area (Å²) in [6, 6.07) is 9.05. The van der Waals surface area contributed by atoms with Crippen LogP contribution in [0.1, 0.15) is 43.6 Å². The monoisotopic (exact) mass is 275 g/mol. The standard InChI is InChI=1S/C17H25NO2/c1-20-16-6-2-4-12(10-16)14-8-15(9-14)18-11-13-5-3-7-17(13)19/h2,4,6,10,13-15,17-19H,3,5,7-9,11H2,1H3. The SMILES string of the molecule is COc1cccc(C2CC(NCC3CCCC3O)C2)c1. The molecule has 110 valence electrons. The van der Waals surface area contributed by atoms with Crippen molar-refractivity contribution in [2.24, 2.45) is 5.92 Å². The Kier molecular flexibility index (Phi) is 4.27. The first kappa shape index (κ1) is 13.9. The Morgan fingerprint density at radius 1 is 1.30 bits per heavy atom. The molecule has 20 heavy (non-hydrogen) atoms. The molecular weight excluding hydrogens is 250 g/mol. The van der Waals surface area contributed by atoms with E-state index >= 15 is 0 Å². The average Bonchev–Trinajstić information content (AvgIpc) is 2.83. The highest BCUT2D eigenvalue weighted by Gasteiger charge is 2.32. The molecule has 1 aromatic carbocycles. The lowest BCUT2D eigenvalue weighted by atomic mass is 9.75. The highest BCUT2D eigenvalue weighted by molar-refractivity contribution is 5.32. The van der Waals surface area contributed by atoms with Crippen molar-refractivity contribution in [1.82, 2.24) is 5.32 Å². The van der Waals surface area contributed by atoms with Crippen molar-refractivity contribution in [3.8, 4) is 5.75 Å². The van der Waals surface area contributed by atoms with Crippen LogP contribution in [0.5, 0.6) is 5.75 Å². The van der Waals surface area contributed by atoms with Gasteiger partial charge >= 0.3 is 0 Å².